The number of ether oxygens (including phenoxy) is 2. The molecule has 0 heterocycles. The summed E-state index contributed by atoms with van der Waals surface area (Å²) in [4.78, 5) is 13.9. The molecule has 0 aliphatic heterocycles. The van der Waals surface area contributed by atoms with Crippen molar-refractivity contribution in [2.45, 2.75) is 38.3 Å². The monoisotopic (exact) mass is 332 g/mol. The average Bonchev–Trinajstić information content (AvgIpc) is 3.06. The quantitative estimate of drug-likeness (QED) is 0.744. The van der Waals surface area contributed by atoms with Crippen LogP contribution >= 0.6 is 0 Å². The molecule has 5 nitrogen and oxygen atoms in total. The summed E-state index contributed by atoms with van der Waals surface area (Å²) in [6, 6.07) is 5.75. The van der Waals surface area contributed by atoms with Crippen LogP contribution in [-0.4, -0.2) is 44.7 Å². The number of benzene rings is 1. The van der Waals surface area contributed by atoms with Crippen molar-refractivity contribution in [3.8, 4) is 11.5 Å². The van der Waals surface area contributed by atoms with Crippen LogP contribution in [0.5, 0.6) is 11.5 Å². The summed E-state index contributed by atoms with van der Waals surface area (Å²) < 4.78 is 11.4. The molecule has 1 aliphatic rings. The maximum Gasteiger partial charge on any atom is 0.243 e. The summed E-state index contributed by atoms with van der Waals surface area (Å²) in [5, 5.41) is 2.91. The highest BCUT2D eigenvalue weighted by molar-refractivity contribution is 5.87. The van der Waals surface area contributed by atoms with Crippen LogP contribution in [0.3, 0.4) is 0 Å². The van der Waals surface area contributed by atoms with Gasteiger partial charge in [0.05, 0.1) is 13.2 Å². The average molecular weight is 332 g/mol. The Morgan fingerprint density at radius 2 is 2.08 bits per heavy atom. The van der Waals surface area contributed by atoms with Crippen LogP contribution in [0.4, 0.5) is 0 Å². The minimum absolute atomic E-state index is 0.0977. The van der Waals surface area contributed by atoms with Crippen molar-refractivity contribution in [3.05, 3.63) is 35.9 Å². The number of likely N-dealkylation sites (N-methyl/N-ethyl adjacent to an activating group) is 1. The topological polar surface area (TPSA) is 50.8 Å². The first-order chi connectivity index (χ1) is 11.6. The maximum absolute atomic E-state index is 11.9. The second kappa shape index (κ2) is 9.33. The third kappa shape index (κ3) is 5.89. The number of nitrogens with zero attached hydrogens (tertiary/aromatic N) is 1. The summed E-state index contributed by atoms with van der Waals surface area (Å²) in [7, 11) is 5.57. The molecule has 0 atom stereocenters. The van der Waals surface area contributed by atoms with Crippen molar-refractivity contribution >= 4 is 5.91 Å². The summed E-state index contributed by atoms with van der Waals surface area (Å²) in [5.41, 5.74) is 0.969. The standard InChI is InChI=1S/C19H28N2O3/c1-21(2)12-6-9-19(22)20-14-15-10-11-17(23-3)13-18(15)24-16-7-4-5-8-16/h6,9-11,13,16H,4-5,7-8,12,14H2,1-3H3,(H,20,22)/b9-6+. The first kappa shape index (κ1) is 18.3. The number of carbonyl (C=O) groups is 1. The zero-order valence-corrected chi connectivity index (χ0v) is 14.9. The van der Waals surface area contributed by atoms with Crippen molar-refractivity contribution in [3.63, 3.8) is 0 Å². The van der Waals surface area contributed by atoms with Gasteiger partial charge in [-0.1, -0.05) is 6.08 Å². The van der Waals surface area contributed by atoms with Crippen LogP contribution in [0.15, 0.2) is 30.4 Å². The molecule has 0 aromatic heterocycles. The molecule has 1 fully saturated rings. The Bertz CT molecular complexity index is 564. The number of nitrogens with one attached hydrogen (secondary N) is 1. The number of hydrogen-bond acceptors (Lipinski definition) is 4. The van der Waals surface area contributed by atoms with Crippen LogP contribution in [0.1, 0.15) is 31.2 Å². The number of methoxy groups -OCH3 is 1. The Kier molecular flexibility index (Phi) is 7.12. The van der Waals surface area contributed by atoms with E-state index in [-0.39, 0.29) is 12.0 Å². The number of amides is 1. The lowest BCUT2D eigenvalue weighted by atomic mass is 10.1. The van der Waals surface area contributed by atoms with Gasteiger partial charge in [-0.3, -0.25) is 4.79 Å². The summed E-state index contributed by atoms with van der Waals surface area (Å²) >= 11 is 0. The van der Waals surface area contributed by atoms with Crippen LogP contribution in [0.25, 0.3) is 0 Å². The van der Waals surface area contributed by atoms with E-state index < -0.39 is 0 Å². The Hall–Kier alpha value is -2.01. The molecule has 0 spiro atoms. The van der Waals surface area contributed by atoms with E-state index >= 15 is 0 Å². The van der Waals surface area contributed by atoms with Crippen LogP contribution < -0.4 is 14.8 Å². The Morgan fingerprint density at radius 3 is 2.75 bits per heavy atom. The van der Waals surface area contributed by atoms with Crippen molar-refractivity contribution in [2.24, 2.45) is 0 Å². The third-order valence-electron chi connectivity index (χ3n) is 4.06. The molecule has 0 unspecified atom stereocenters. The first-order valence-electron chi connectivity index (χ1n) is 8.51. The molecule has 24 heavy (non-hydrogen) atoms. The summed E-state index contributed by atoms with van der Waals surface area (Å²) in [5.74, 6) is 1.47. The molecular weight excluding hydrogens is 304 g/mol. The van der Waals surface area contributed by atoms with Gasteiger partial charge in [0.2, 0.25) is 5.91 Å². The molecule has 1 N–H and O–H groups in total. The van der Waals surface area contributed by atoms with Crippen molar-refractivity contribution < 1.29 is 14.3 Å². The Balaban J connectivity index is 1.97. The van der Waals surface area contributed by atoms with Gasteiger partial charge in [-0.05, 0) is 51.9 Å². The fourth-order valence-electron chi connectivity index (χ4n) is 2.72. The highest BCUT2D eigenvalue weighted by Crippen LogP contribution is 2.29. The third-order valence-corrected chi connectivity index (χ3v) is 4.06. The molecule has 132 valence electrons. The predicted octanol–water partition coefficient (Wildman–Crippen LogP) is 2.75. The highest BCUT2D eigenvalue weighted by atomic mass is 16.5. The molecule has 0 saturated heterocycles. The first-order valence-corrected chi connectivity index (χ1v) is 8.51. The smallest absolute Gasteiger partial charge is 0.243 e. The summed E-state index contributed by atoms with van der Waals surface area (Å²) in [6.45, 7) is 1.18. The number of rotatable bonds is 8. The lowest BCUT2D eigenvalue weighted by Crippen LogP contribution is -2.22. The van der Waals surface area contributed by atoms with Crippen LogP contribution in [-0.2, 0) is 11.3 Å². The van der Waals surface area contributed by atoms with Gasteiger partial charge < -0.3 is 19.7 Å². The van der Waals surface area contributed by atoms with E-state index in [4.69, 9.17) is 9.47 Å². The molecule has 1 aromatic rings. The molecule has 1 aromatic carbocycles. The second-order valence-corrected chi connectivity index (χ2v) is 6.38. The van der Waals surface area contributed by atoms with E-state index in [9.17, 15) is 4.79 Å². The lowest BCUT2D eigenvalue weighted by Gasteiger charge is -2.17. The van der Waals surface area contributed by atoms with Crippen molar-refractivity contribution in [1.29, 1.82) is 0 Å². The number of hydrogen-bond donors (Lipinski definition) is 1. The molecule has 1 amide bonds. The lowest BCUT2D eigenvalue weighted by molar-refractivity contribution is -0.116. The summed E-state index contributed by atoms with van der Waals surface area (Å²) in [6.07, 6.45) is 8.31. The molecule has 0 bridgehead atoms. The van der Waals surface area contributed by atoms with Crippen LogP contribution in [0.2, 0.25) is 0 Å². The zero-order chi connectivity index (χ0) is 17.4. The van der Waals surface area contributed by atoms with Gasteiger partial charge in [0.1, 0.15) is 11.5 Å². The Labute approximate surface area is 144 Å². The predicted molar refractivity (Wildman–Crippen MR) is 95.4 cm³/mol. The minimum atomic E-state index is -0.0977. The van der Waals surface area contributed by atoms with Gasteiger partial charge in [0.15, 0.2) is 0 Å². The highest BCUT2D eigenvalue weighted by Gasteiger charge is 2.18. The molecule has 2 rings (SSSR count). The van der Waals surface area contributed by atoms with Gasteiger partial charge in [-0.25, -0.2) is 0 Å². The normalized spacial score (nSPS) is 15.2. The second-order valence-electron chi connectivity index (χ2n) is 6.38. The zero-order valence-electron chi connectivity index (χ0n) is 14.9. The molecule has 1 saturated carbocycles. The van der Waals surface area contributed by atoms with E-state index in [0.29, 0.717) is 6.54 Å². The molecule has 5 heteroatoms. The van der Waals surface area contributed by atoms with E-state index in [1.165, 1.54) is 12.8 Å². The van der Waals surface area contributed by atoms with Crippen molar-refractivity contribution in [2.75, 3.05) is 27.7 Å². The van der Waals surface area contributed by atoms with Gasteiger partial charge in [-0.2, -0.15) is 0 Å². The molecular formula is C19H28N2O3. The SMILES string of the molecule is COc1ccc(CNC(=O)/C=C/CN(C)C)c(OC2CCCC2)c1. The van der Waals surface area contributed by atoms with Gasteiger partial charge in [-0.15, -0.1) is 0 Å². The Morgan fingerprint density at radius 1 is 1.33 bits per heavy atom. The van der Waals surface area contributed by atoms with Gasteiger partial charge in [0, 0.05) is 30.8 Å². The van der Waals surface area contributed by atoms with Gasteiger partial charge >= 0.3 is 0 Å². The van der Waals surface area contributed by atoms with E-state index in [0.717, 1.165) is 36.4 Å². The van der Waals surface area contributed by atoms with E-state index in [1.54, 1.807) is 13.2 Å². The fourth-order valence-corrected chi connectivity index (χ4v) is 2.72. The number of carbonyl (C=O) groups excluding carboxylic acids is 1. The van der Waals surface area contributed by atoms with Crippen molar-refractivity contribution in [1.82, 2.24) is 10.2 Å². The van der Waals surface area contributed by atoms with E-state index in [2.05, 4.69) is 5.32 Å². The molecule has 0 radical (unpaired) electrons. The van der Waals surface area contributed by atoms with E-state index in [1.807, 2.05) is 43.3 Å². The minimum Gasteiger partial charge on any atom is -0.497 e. The fraction of sp³-hybridized carbons (Fsp3) is 0.526. The van der Waals surface area contributed by atoms with Gasteiger partial charge in [0.25, 0.3) is 0 Å². The largest absolute Gasteiger partial charge is 0.497 e. The molecule has 1 aliphatic carbocycles. The van der Waals surface area contributed by atoms with Crippen LogP contribution in [0, 0.1) is 0 Å². The maximum atomic E-state index is 11.9.